The fraction of sp³-hybridized carbons (Fsp3) is 0.917. The van der Waals surface area contributed by atoms with Crippen LogP contribution in [0.1, 0.15) is 32.1 Å². The molecule has 1 heterocycles. The molecule has 1 saturated heterocycles. The average Bonchev–Trinajstić information content (AvgIpc) is 2.50. The van der Waals surface area contributed by atoms with E-state index in [0.29, 0.717) is 11.7 Å². The number of ketones is 1. The zero-order chi connectivity index (χ0) is 10.5. The van der Waals surface area contributed by atoms with Gasteiger partial charge in [0, 0.05) is 31.2 Å². The van der Waals surface area contributed by atoms with Crippen molar-refractivity contribution < 1.29 is 4.79 Å². The highest BCUT2D eigenvalue weighted by atomic mass is 32.2. The smallest absolute Gasteiger partial charge is 0.137 e. The highest BCUT2D eigenvalue weighted by Crippen LogP contribution is 2.22. The van der Waals surface area contributed by atoms with Gasteiger partial charge in [0.2, 0.25) is 0 Å². The molecule has 1 saturated carbocycles. The average molecular weight is 227 g/mol. The van der Waals surface area contributed by atoms with Gasteiger partial charge in [0.25, 0.3) is 0 Å². The van der Waals surface area contributed by atoms with Crippen LogP contribution >= 0.6 is 11.8 Å². The van der Waals surface area contributed by atoms with Gasteiger partial charge >= 0.3 is 0 Å². The van der Waals surface area contributed by atoms with Gasteiger partial charge < -0.3 is 4.90 Å². The lowest BCUT2D eigenvalue weighted by Crippen LogP contribution is -2.36. The number of thioether (sulfide) groups is 1. The van der Waals surface area contributed by atoms with Gasteiger partial charge in [-0.2, -0.15) is 11.8 Å². The molecule has 2 fully saturated rings. The van der Waals surface area contributed by atoms with Crippen molar-refractivity contribution in [2.24, 2.45) is 5.92 Å². The number of nitrogens with zero attached hydrogens (tertiary/aromatic N) is 1. The molecule has 0 aromatic rings. The first kappa shape index (κ1) is 11.5. The van der Waals surface area contributed by atoms with E-state index in [0.717, 1.165) is 25.8 Å². The van der Waals surface area contributed by atoms with Crippen LogP contribution in [0.2, 0.25) is 0 Å². The molecular formula is C12H21NOS. The fourth-order valence-electron chi connectivity index (χ4n) is 2.54. The van der Waals surface area contributed by atoms with Crippen LogP contribution in [0.5, 0.6) is 0 Å². The van der Waals surface area contributed by atoms with E-state index in [-0.39, 0.29) is 0 Å². The molecule has 2 aliphatic rings. The summed E-state index contributed by atoms with van der Waals surface area (Å²) in [6, 6.07) is 0. The molecule has 0 amide bonds. The topological polar surface area (TPSA) is 20.3 Å². The first-order chi connectivity index (χ1) is 7.36. The number of Topliss-reactive ketones (excluding diaryl/α,β-unsaturated/α-hetero) is 1. The zero-order valence-corrected chi connectivity index (χ0v) is 10.2. The Morgan fingerprint density at radius 1 is 1.20 bits per heavy atom. The molecule has 0 aromatic carbocycles. The molecule has 0 radical (unpaired) electrons. The van der Waals surface area contributed by atoms with Crippen molar-refractivity contribution in [3.8, 4) is 0 Å². The van der Waals surface area contributed by atoms with Crippen molar-refractivity contribution in [3.05, 3.63) is 0 Å². The highest BCUT2D eigenvalue weighted by Gasteiger charge is 2.24. The van der Waals surface area contributed by atoms with Crippen molar-refractivity contribution in [2.45, 2.75) is 32.1 Å². The normalized spacial score (nSPS) is 30.1. The predicted octanol–water partition coefficient (Wildman–Crippen LogP) is 2.18. The minimum absolute atomic E-state index is 0.363. The second kappa shape index (κ2) is 5.90. The Labute approximate surface area is 96.8 Å². The van der Waals surface area contributed by atoms with Gasteiger partial charge in [0.15, 0.2) is 0 Å². The summed E-state index contributed by atoms with van der Waals surface area (Å²) in [5, 5.41) is 0. The fourth-order valence-corrected chi connectivity index (χ4v) is 3.46. The van der Waals surface area contributed by atoms with E-state index in [1.54, 1.807) is 0 Å². The second-order valence-corrected chi connectivity index (χ2v) is 5.90. The summed E-state index contributed by atoms with van der Waals surface area (Å²) >= 11 is 2.06. The molecule has 3 heteroatoms. The third kappa shape index (κ3) is 3.49. The number of carbonyl (C=O) groups excluding carboxylic acids is 1. The summed E-state index contributed by atoms with van der Waals surface area (Å²) < 4.78 is 0. The van der Waals surface area contributed by atoms with Gasteiger partial charge in [-0.25, -0.2) is 0 Å². The molecule has 86 valence electrons. The third-order valence-electron chi connectivity index (χ3n) is 3.47. The first-order valence-corrected chi connectivity index (χ1v) is 7.34. The number of hydrogen-bond acceptors (Lipinski definition) is 3. The van der Waals surface area contributed by atoms with E-state index in [2.05, 4.69) is 16.7 Å². The quantitative estimate of drug-likeness (QED) is 0.721. The van der Waals surface area contributed by atoms with Crippen LogP contribution < -0.4 is 0 Å². The lowest BCUT2D eigenvalue weighted by molar-refractivity contribution is -0.125. The van der Waals surface area contributed by atoms with Gasteiger partial charge in [-0.3, -0.25) is 4.79 Å². The van der Waals surface area contributed by atoms with E-state index < -0.39 is 0 Å². The van der Waals surface area contributed by atoms with Crippen LogP contribution in [0, 0.1) is 5.92 Å². The van der Waals surface area contributed by atoms with E-state index >= 15 is 0 Å². The number of hydrogen-bond donors (Lipinski definition) is 0. The van der Waals surface area contributed by atoms with Crippen molar-refractivity contribution in [3.63, 3.8) is 0 Å². The maximum atomic E-state index is 11.7. The molecule has 1 aliphatic carbocycles. The summed E-state index contributed by atoms with van der Waals surface area (Å²) in [5.41, 5.74) is 0. The lowest BCUT2D eigenvalue weighted by Gasteiger charge is -2.27. The second-order valence-electron chi connectivity index (χ2n) is 4.68. The minimum atomic E-state index is 0.363. The van der Waals surface area contributed by atoms with Gasteiger partial charge in [0.05, 0.1) is 0 Å². The Morgan fingerprint density at radius 2 is 2.13 bits per heavy atom. The van der Waals surface area contributed by atoms with Crippen LogP contribution in [0.4, 0.5) is 0 Å². The Hall–Kier alpha value is -0.0200. The monoisotopic (exact) mass is 227 g/mol. The molecule has 2 rings (SSSR count). The van der Waals surface area contributed by atoms with Crippen LogP contribution in [0.25, 0.3) is 0 Å². The maximum Gasteiger partial charge on any atom is 0.137 e. The van der Waals surface area contributed by atoms with Gasteiger partial charge in [-0.05, 0) is 31.6 Å². The van der Waals surface area contributed by atoms with Gasteiger partial charge in [-0.1, -0.05) is 6.42 Å². The first-order valence-electron chi connectivity index (χ1n) is 6.19. The molecule has 1 atom stereocenters. The summed E-state index contributed by atoms with van der Waals surface area (Å²) in [6.07, 6.45) is 5.67. The summed E-state index contributed by atoms with van der Waals surface area (Å²) in [4.78, 5) is 14.2. The Kier molecular flexibility index (Phi) is 4.51. The molecule has 0 aromatic heterocycles. The van der Waals surface area contributed by atoms with Crippen molar-refractivity contribution in [1.82, 2.24) is 4.90 Å². The molecule has 1 unspecified atom stereocenters. The largest absolute Gasteiger partial charge is 0.302 e. The zero-order valence-electron chi connectivity index (χ0n) is 9.41. The van der Waals surface area contributed by atoms with Gasteiger partial charge in [-0.15, -0.1) is 0 Å². The molecule has 15 heavy (non-hydrogen) atoms. The third-order valence-corrected chi connectivity index (χ3v) is 4.52. The Bertz CT molecular complexity index is 212. The lowest BCUT2D eigenvalue weighted by atomic mass is 9.87. The van der Waals surface area contributed by atoms with Crippen LogP contribution in [-0.2, 0) is 4.79 Å². The molecular weight excluding hydrogens is 206 g/mol. The Morgan fingerprint density at radius 3 is 3.00 bits per heavy atom. The molecule has 2 nitrogen and oxygen atoms in total. The molecule has 1 aliphatic heterocycles. The SMILES string of the molecule is O=C1CCCCC1CN1CCCSCC1. The van der Waals surface area contributed by atoms with Gasteiger partial charge in [0.1, 0.15) is 5.78 Å². The number of rotatable bonds is 2. The van der Waals surface area contributed by atoms with Crippen LogP contribution in [-0.4, -0.2) is 41.8 Å². The highest BCUT2D eigenvalue weighted by molar-refractivity contribution is 7.99. The van der Waals surface area contributed by atoms with Crippen molar-refractivity contribution in [1.29, 1.82) is 0 Å². The van der Waals surface area contributed by atoms with E-state index in [9.17, 15) is 4.79 Å². The minimum Gasteiger partial charge on any atom is -0.302 e. The standard InChI is InChI=1S/C12H21NOS/c14-12-5-2-1-4-11(12)10-13-6-3-8-15-9-7-13/h11H,1-10H2. The van der Waals surface area contributed by atoms with E-state index in [1.807, 2.05) is 0 Å². The maximum absolute atomic E-state index is 11.7. The van der Waals surface area contributed by atoms with Crippen LogP contribution in [0.3, 0.4) is 0 Å². The summed E-state index contributed by atoms with van der Waals surface area (Å²) in [7, 11) is 0. The van der Waals surface area contributed by atoms with Crippen molar-refractivity contribution in [2.75, 3.05) is 31.1 Å². The Balaban J connectivity index is 1.80. The molecule has 0 bridgehead atoms. The summed E-state index contributed by atoms with van der Waals surface area (Å²) in [5.74, 6) is 3.44. The summed E-state index contributed by atoms with van der Waals surface area (Å²) in [6.45, 7) is 3.44. The van der Waals surface area contributed by atoms with E-state index in [4.69, 9.17) is 0 Å². The molecule has 0 N–H and O–H groups in total. The van der Waals surface area contributed by atoms with Crippen molar-refractivity contribution >= 4 is 17.5 Å². The van der Waals surface area contributed by atoms with Crippen LogP contribution in [0.15, 0.2) is 0 Å². The number of carbonyl (C=O) groups is 1. The predicted molar refractivity (Wildman–Crippen MR) is 65.3 cm³/mol. The van der Waals surface area contributed by atoms with E-state index in [1.165, 1.54) is 37.4 Å². The molecule has 0 spiro atoms.